The molecule has 0 amide bonds. The zero-order chi connectivity index (χ0) is 10.8. The van der Waals surface area contributed by atoms with E-state index in [9.17, 15) is 0 Å². The van der Waals surface area contributed by atoms with Crippen LogP contribution >= 0.6 is 11.6 Å². The summed E-state index contributed by atoms with van der Waals surface area (Å²) in [5.41, 5.74) is 4.61. The highest BCUT2D eigenvalue weighted by Crippen LogP contribution is 2.14. The largest absolute Gasteiger partial charge is 0.306 e. The molecule has 0 atom stereocenters. The Kier molecular flexibility index (Phi) is 2.78. The minimum atomic E-state index is 0.456. The fourth-order valence-electron chi connectivity index (χ4n) is 1.46. The van der Waals surface area contributed by atoms with Gasteiger partial charge >= 0.3 is 0 Å². The molecule has 1 aromatic heterocycles. The lowest BCUT2D eigenvalue weighted by Gasteiger charge is -2.05. The van der Waals surface area contributed by atoms with E-state index in [1.54, 1.807) is 6.33 Å². The molecular formula is C12H13ClN2. The molecule has 0 radical (unpaired) electrons. The average Bonchev–Trinajstić information content (AvgIpc) is 2.70. The summed E-state index contributed by atoms with van der Waals surface area (Å²) >= 11 is 5.71. The molecular weight excluding hydrogens is 208 g/mol. The summed E-state index contributed by atoms with van der Waals surface area (Å²) in [5.74, 6) is 0.456. The Balaban J connectivity index is 2.40. The summed E-state index contributed by atoms with van der Waals surface area (Å²) in [6.07, 6.45) is 3.75. The van der Waals surface area contributed by atoms with Gasteiger partial charge in [-0.2, -0.15) is 0 Å². The lowest BCUT2D eigenvalue weighted by atomic mass is 10.1. The summed E-state index contributed by atoms with van der Waals surface area (Å²) < 4.78 is 1.99. The third-order valence-electron chi connectivity index (χ3n) is 2.56. The van der Waals surface area contributed by atoms with Crippen molar-refractivity contribution in [3.05, 3.63) is 47.5 Å². The molecule has 0 aliphatic carbocycles. The molecule has 1 heterocycles. The molecule has 0 fully saturated rings. The number of aryl methyl sites for hydroxylation is 2. The van der Waals surface area contributed by atoms with Crippen molar-refractivity contribution in [3.63, 3.8) is 0 Å². The Morgan fingerprint density at radius 2 is 2.07 bits per heavy atom. The number of nitrogens with zero attached hydrogens (tertiary/aromatic N) is 2. The maximum absolute atomic E-state index is 5.71. The summed E-state index contributed by atoms with van der Waals surface area (Å²) in [7, 11) is 0. The number of aromatic nitrogens is 2. The fraction of sp³-hybridized carbons (Fsp3) is 0.250. The van der Waals surface area contributed by atoms with Crippen molar-refractivity contribution >= 4 is 11.6 Å². The first-order valence-electron chi connectivity index (χ1n) is 4.87. The number of hydrogen-bond donors (Lipinski definition) is 0. The van der Waals surface area contributed by atoms with Crippen LogP contribution in [-0.4, -0.2) is 9.55 Å². The van der Waals surface area contributed by atoms with Crippen molar-refractivity contribution in [3.8, 4) is 5.69 Å². The van der Waals surface area contributed by atoms with Crippen molar-refractivity contribution in [1.82, 2.24) is 9.55 Å². The number of benzene rings is 1. The molecule has 0 saturated carbocycles. The van der Waals surface area contributed by atoms with Crippen LogP contribution in [0.15, 0.2) is 30.7 Å². The number of rotatable bonds is 2. The summed E-state index contributed by atoms with van der Waals surface area (Å²) in [6.45, 7) is 4.22. The van der Waals surface area contributed by atoms with E-state index in [2.05, 4.69) is 37.0 Å². The van der Waals surface area contributed by atoms with Gasteiger partial charge in [-0.1, -0.05) is 6.07 Å². The lowest BCUT2D eigenvalue weighted by Crippen LogP contribution is -1.91. The Morgan fingerprint density at radius 1 is 1.27 bits per heavy atom. The summed E-state index contributed by atoms with van der Waals surface area (Å²) in [6, 6.07) is 6.35. The van der Waals surface area contributed by atoms with Crippen molar-refractivity contribution in [2.24, 2.45) is 0 Å². The van der Waals surface area contributed by atoms with Gasteiger partial charge in [0, 0.05) is 11.9 Å². The van der Waals surface area contributed by atoms with Crippen LogP contribution in [0, 0.1) is 13.8 Å². The van der Waals surface area contributed by atoms with Gasteiger partial charge in [0.2, 0.25) is 0 Å². The quantitative estimate of drug-likeness (QED) is 0.711. The Labute approximate surface area is 94.5 Å². The van der Waals surface area contributed by atoms with Crippen LogP contribution in [0.3, 0.4) is 0 Å². The zero-order valence-corrected chi connectivity index (χ0v) is 9.62. The van der Waals surface area contributed by atoms with Gasteiger partial charge in [0.25, 0.3) is 0 Å². The van der Waals surface area contributed by atoms with Gasteiger partial charge in [-0.25, -0.2) is 4.98 Å². The fourth-order valence-corrected chi connectivity index (χ4v) is 1.60. The highest BCUT2D eigenvalue weighted by molar-refractivity contribution is 6.16. The standard InChI is InChI=1S/C12H13ClN2/c1-9-3-4-12(5-10(9)2)15-7-11(6-13)14-8-15/h3-5,7-8H,6H2,1-2H3. The highest BCUT2D eigenvalue weighted by atomic mass is 35.5. The molecule has 0 bridgehead atoms. The van der Waals surface area contributed by atoms with E-state index in [0.29, 0.717) is 5.88 Å². The number of hydrogen-bond acceptors (Lipinski definition) is 1. The lowest BCUT2D eigenvalue weighted by molar-refractivity contribution is 1.05. The van der Waals surface area contributed by atoms with Crippen LogP contribution in [-0.2, 0) is 5.88 Å². The van der Waals surface area contributed by atoms with Crippen LogP contribution in [0.25, 0.3) is 5.69 Å². The second-order valence-electron chi connectivity index (χ2n) is 3.67. The molecule has 78 valence electrons. The predicted octanol–water partition coefficient (Wildman–Crippen LogP) is 3.23. The van der Waals surface area contributed by atoms with Crippen molar-refractivity contribution in [2.75, 3.05) is 0 Å². The van der Waals surface area contributed by atoms with Gasteiger partial charge in [-0.15, -0.1) is 11.6 Å². The molecule has 2 nitrogen and oxygen atoms in total. The maximum atomic E-state index is 5.71. The van der Waals surface area contributed by atoms with Crippen molar-refractivity contribution in [1.29, 1.82) is 0 Å². The third kappa shape index (κ3) is 2.05. The molecule has 0 spiro atoms. The first kappa shape index (κ1) is 10.2. The Morgan fingerprint density at radius 3 is 2.67 bits per heavy atom. The van der Waals surface area contributed by atoms with Crippen LogP contribution in [0.1, 0.15) is 16.8 Å². The predicted molar refractivity (Wildman–Crippen MR) is 62.6 cm³/mol. The average molecular weight is 221 g/mol. The van der Waals surface area contributed by atoms with Gasteiger partial charge in [-0.05, 0) is 37.1 Å². The number of alkyl halides is 1. The molecule has 3 heteroatoms. The van der Waals surface area contributed by atoms with Gasteiger partial charge in [0.1, 0.15) is 0 Å². The van der Waals surface area contributed by atoms with Crippen LogP contribution in [0.4, 0.5) is 0 Å². The molecule has 0 unspecified atom stereocenters. The van der Waals surface area contributed by atoms with Gasteiger partial charge in [0.05, 0.1) is 17.9 Å². The molecule has 2 aromatic rings. The summed E-state index contributed by atoms with van der Waals surface area (Å²) in [4.78, 5) is 4.19. The first-order chi connectivity index (χ1) is 7.20. The Hall–Kier alpha value is -1.28. The topological polar surface area (TPSA) is 17.8 Å². The van der Waals surface area contributed by atoms with E-state index >= 15 is 0 Å². The third-order valence-corrected chi connectivity index (χ3v) is 2.84. The van der Waals surface area contributed by atoms with E-state index in [1.807, 2.05) is 10.8 Å². The van der Waals surface area contributed by atoms with E-state index in [4.69, 9.17) is 11.6 Å². The van der Waals surface area contributed by atoms with Crippen LogP contribution < -0.4 is 0 Å². The second-order valence-corrected chi connectivity index (χ2v) is 3.94. The van der Waals surface area contributed by atoms with Crippen molar-refractivity contribution in [2.45, 2.75) is 19.7 Å². The first-order valence-corrected chi connectivity index (χ1v) is 5.40. The van der Waals surface area contributed by atoms with Gasteiger partial charge in [-0.3, -0.25) is 0 Å². The molecule has 15 heavy (non-hydrogen) atoms. The SMILES string of the molecule is Cc1ccc(-n2cnc(CCl)c2)cc1C. The molecule has 2 rings (SSSR count). The summed E-state index contributed by atoms with van der Waals surface area (Å²) in [5, 5.41) is 0. The molecule has 1 aromatic carbocycles. The second kappa shape index (κ2) is 4.07. The number of imidazole rings is 1. The van der Waals surface area contributed by atoms with E-state index < -0.39 is 0 Å². The molecule has 0 N–H and O–H groups in total. The maximum Gasteiger partial charge on any atom is 0.0995 e. The van der Waals surface area contributed by atoms with Gasteiger partial charge < -0.3 is 4.57 Å². The molecule has 0 aliphatic rings. The minimum absolute atomic E-state index is 0.456. The smallest absolute Gasteiger partial charge is 0.0995 e. The van der Waals surface area contributed by atoms with E-state index in [0.717, 1.165) is 11.4 Å². The van der Waals surface area contributed by atoms with Crippen LogP contribution in [0.2, 0.25) is 0 Å². The number of halogens is 1. The van der Waals surface area contributed by atoms with Crippen LogP contribution in [0.5, 0.6) is 0 Å². The highest BCUT2D eigenvalue weighted by Gasteiger charge is 2.00. The van der Waals surface area contributed by atoms with E-state index in [-0.39, 0.29) is 0 Å². The Bertz CT molecular complexity index is 474. The van der Waals surface area contributed by atoms with E-state index in [1.165, 1.54) is 11.1 Å². The molecule has 0 aliphatic heterocycles. The monoisotopic (exact) mass is 220 g/mol. The van der Waals surface area contributed by atoms with Gasteiger partial charge in [0.15, 0.2) is 0 Å². The minimum Gasteiger partial charge on any atom is -0.306 e. The molecule has 0 saturated heterocycles. The normalized spacial score (nSPS) is 10.6. The van der Waals surface area contributed by atoms with Crippen molar-refractivity contribution < 1.29 is 0 Å². The zero-order valence-electron chi connectivity index (χ0n) is 8.87.